The highest BCUT2D eigenvalue weighted by molar-refractivity contribution is 6.15. The molecule has 0 N–H and O–H groups in total. The van der Waals surface area contributed by atoms with Gasteiger partial charge >= 0.3 is 0 Å². The van der Waals surface area contributed by atoms with E-state index in [9.17, 15) is 0 Å². The van der Waals surface area contributed by atoms with Crippen LogP contribution in [-0.2, 0) is 10.8 Å². The first-order valence-corrected chi connectivity index (χ1v) is 25.5. The lowest BCUT2D eigenvalue weighted by atomic mass is 9.70. The molecular formula is C70H46N2O. The first kappa shape index (κ1) is 40.5. The molecule has 3 nitrogen and oxygen atoms in total. The quantitative estimate of drug-likeness (QED) is 0.171. The largest absolute Gasteiger partial charge is 0.456 e. The minimum absolute atomic E-state index is 0.104. The molecule has 11 aromatic carbocycles. The molecular weight excluding hydrogens is 885 g/mol. The van der Waals surface area contributed by atoms with Crippen LogP contribution >= 0.6 is 0 Å². The third-order valence-corrected chi connectivity index (χ3v) is 16.8. The Hall–Kier alpha value is -9.18. The van der Waals surface area contributed by atoms with Crippen molar-refractivity contribution in [2.75, 3.05) is 4.90 Å². The Balaban J connectivity index is 0.908. The molecule has 0 saturated carbocycles. The molecule has 2 aromatic heterocycles. The van der Waals surface area contributed by atoms with Gasteiger partial charge in [-0.05, 0) is 145 Å². The van der Waals surface area contributed by atoms with Crippen LogP contribution in [0.5, 0.6) is 0 Å². The van der Waals surface area contributed by atoms with Crippen LogP contribution in [0.25, 0.3) is 93.9 Å². The summed E-state index contributed by atoms with van der Waals surface area (Å²) in [6.07, 6.45) is 0. The van der Waals surface area contributed by atoms with Crippen LogP contribution in [0.2, 0.25) is 0 Å². The highest BCUT2D eigenvalue weighted by atomic mass is 16.3. The monoisotopic (exact) mass is 930 g/mol. The lowest BCUT2D eigenvalue weighted by Crippen LogP contribution is -2.26. The van der Waals surface area contributed by atoms with Gasteiger partial charge in [0.25, 0.3) is 0 Å². The van der Waals surface area contributed by atoms with Crippen molar-refractivity contribution in [2.24, 2.45) is 0 Å². The van der Waals surface area contributed by atoms with Crippen LogP contribution in [0, 0.1) is 0 Å². The molecule has 3 aliphatic rings. The van der Waals surface area contributed by atoms with Gasteiger partial charge in [-0.1, -0.05) is 184 Å². The number of hydrogen-bond acceptors (Lipinski definition) is 2. The number of fused-ring (bicyclic) bond motifs is 19. The van der Waals surface area contributed by atoms with Crippen LogP contribution in [-0.4, -0.2) is 4.57 Å². The van der Waals surface area contributed by atoms with Crippen LogP contribution in [0.4, 0.5) is 17.1 Å². The van der Waals surface area contributed by atoms with E-state index in [1.807, 2.05) is 0 Å². The van der Waals surface area contributed by atoms with Crippen molar-refractivity contribution in [3.8, 4) is 50.2 Å². The molecule has 2 heterocycles. The summed E-state index contributed by atoms with van der Waals surface area (Å²) >= 11 is 0. The number of nitrogens with zero attached hydrogens (tertiary/aromatic N) is 2. The topological polar surface area (TPSA) is 21.3 Å². The Morgan fingerprint density at radius 2 is 0.932 bits per heavy atom. The maximum Gasteiger partial charge on any atom is 0.137 e. The fourth-order valence-corrected chi connectivity index (χ4v) is 13.7. The summed E-state index contributed by atoms with van der Waals surface area (Å²) in [4.78, 5) is 2.49. The molecule has 3 heteroatoms. The fourth-order valence-electron chi connectivity index (χ4n) is 13.7. The van der Waals surface area contributed by atoms with Gasteiger partial charge in [0, 0.05) is 38.5 Å². The number of anilines is 3. The minimum Gasteiger partial charge on any atom is -0.456 e. The molecule has 1 spiro atoms. The smallest absolute Gasteiger partial charge is 0.137 e. The van der Waals surface area contributed by atoms with E-state index in [-0.39, 0.29) is 5.41 Å². The molecule has 73 heavy (non-hydrogen) atoms. The van der Waals surface area contributed by atoms with E-state index >= 15 is 0 Å². The number of benzene rings is 11. The van der Waals surface area contributed by atoms with Crippen molar-refractivity contribution in [1.29, 1.82) is 0 Å². The summed E-state index contributed by atoms with van der Waals surface area (Å²) in [5.74, 6) is 0. The van der Waals surface area contributed by atoms with Crippen molar-refractivity contribution in [2.45, 2.75) is 24.7 Å². The van der Waals surface area contributed by atoms with Crippen molar-refractivity contribution >= 4 is 60.8 Å². The number of rotatable bonds is 5. The van der Waals surface area contributed by atoms with Gasteiger partial charge in [-0.2, -0.15) is 0 Å². The summed E-state index contributed by atoms with van der Waals surface area (Å²) in [7, 11) is 0. The second kappa shape index (κ2) is 14.7. The normalized spacial score (nSPS) is 14.1. The van der Waals surface area contributed by atoms with Crippen molar-refractivity contribution in [1.82, 2.24) is 4.57 Å². The van der Waals surface area contributed by atoms with Gasteiger partial charge in [0.15, 0.2) is 0 Å². The van der Waals surface area contributed by atoms with Crippen LogP contribution in [0.15, 0.2) is 247 Å². The number of hydrogen-bond donors (Lipinski definition) is 0. The molecule has 0 atom stereocenters. The first-order valence-electron chi connectivity index (χ1n) is 25.5. The summed E-state index contributed by atoms with van der Waals surface area (Å²) in [6.45, 7) is 4.74. The van der Waals surface area contributed by atoms with Gasteiger partial charge in [0.1, 0.15) is 11.2 Å². The number of para-hydroxylation sites is 2. The van der Waals surface area contributed by atoms with Gasteiger partial charge in [0.2, 0.25) is 0 Å². The molecule has 0 radical (unpaired) electrons. The molecule has 0 aliphatic heterocycles. The highest BCUT2D eigenvalue weighted by Gasteiger charge is 2.52. The second-order valence-corrected chi connectivity index (χ2v) is 20.7. The third kappa shape index (κ3) is 5.33. The Labute approximate surface area is 423 Å². The Morgan fingerprint density at radius 1 is 0.370 bits per heavy atom. The first-order chi connectivity index (χ1) is 36.0. The van der Waals surface area contributed by atoms with Gasteiger partial charge in [-0.25, -0.2) is 0 Å². The number of aromatic nitrogens is 1. The standard InChI is InChI=1S/C70H46N2O/c1-69(2)55-25-11-6-22-49(55)52-41-54-53-40-44(36-39-61(53)71(64(54)42-60(52)69)45-18-4-3-5-19-45)43-34-37-46(38-35-43)72(63-31-17-33-66-68(63)51-24-10-15-32-65(51)73-66)62-30-16-29-59-67(62)50-23-9-14-28-58(50)70(59)56-26-12-7-20-47(56)48-21-8-13-27-57(48)70/h3-42H,1-2H3. The molecule has 0 amide bonds. The number of furan rings is 1. The van der Waals surface area contributed by atoms with E-state index in [0.29, 0.717) is 0 Å². The average Bonchev–Trinajstić information content (AvgIpc) is 4.21. The maximum absolute atomic E-state index is 6.61. The molecule has 3 aliphatic carbocycles. The van der Waals surface area contributed by atoms with Crippen LogP contribution < -0.4 is 4.90 Å². The summed E-state index contributed by atoms with van der Waals surface area (Å²) in [6, 6.07) is 90.2. The Morgan fingerprint density at radius 3 is 1.68 bits per heavy atom. The fraction of sp³-hybridized carbons (Fsp3) is 0.0571. The second-order valence-electron chi connectivity index (χ2n) is 20.7. The lowest BCUT2D eigenvalue weighted by Gasteiger charge is -2.32. The average molecular weight is 931 g/mol. The van der Waals surface area contributed by atoms with Crippen molar-refractivity contribution < 1.29 is 4.42 Å². The molecule has 0 unspecified atom stereocenters. The molecule has 0 saturated heterocycles. The predicted molar refractivity (Wildman–Crippen MR) is 302 cm³/mol. The maximum atomic E-state index is 6.61. The summed E-state index contributed by atoms with van der Waals surface area (Å²) in [5.41, 5.74) is 26.2. The highest BCUT2D eigenvalue weighted by Crippen LogP contribution is 2.65. The van der Waals surface area contributed by atoms with Gasteiger partial charge in [0.05, 0.1) is 33.2 Å². The van der Waals surface area contributed by atoms with E-state index in [2.05, 4.69) is 266 Å². The Kier molecular flexibility index (Phi) is 8.16. The molecule has 0 bridgehead atoms. The van der Waals surface area contributed by atoms with Gasteiger partial charge < -0.3 is 13.9 Å². The molecule has 16 rings (SSSR count). The van der Waals surface area contributed by atoms with E-state index in [0.717, 1.165) is 50.3 Å². The molecule has 13 aromatic rings. The van der Waals surface area contributed by atoms with Crippen molar-refractivity contribution in [3.05, 3.63) is 276 Å². The molecule has 342 valence electrons. The zero-order chi connectivity index (χ0) is 48.2. The SMILES string of the molecule is CC1(C)c2ccccc2-c2cc3c4cc(-c5ccc(N(c6cccc7c6-c6ccccc6C76c7ccccc7-c7ccccc76)c6cccc7oc8ccccc8c67)cc5)ccc4n(-c4ccccc4)c3cc21. The minimum atomic E-state index is -0.471. The predicted octanol–water partition coefficient (Wildman–Crippen LogP) is 18.5. The molecule has 0 fully saturated rings. The third-order valence-electron chi connectivity index (χ3n) is 16.8. The van der Waals surface area contributed by atoms with Crippen molar-refractivity contribution in [3.63, 3.8) is 0 Å². The van der Waals surface area contributed by atoms with Gasteiger partial charge in [-0.3, -0.25) is 0 Å². The van der Waals surface area contributed by atoms with E-state index in [1.54, 1.807) is 0 Å². The van der Waals surface area contributed by atoms with Gasteiger partial charge in [-0.15, -0.1) is 0 Å². The Bertz CT molecular complexity index is 4430. The lowest BCUT2D eigenvalue weighted by molar-refractivity contribution is 0.661. The van der Waals surface area contributed by atoms with Crippen LogP contribution in [0.1, 0.15) is 47.2 Å². The summed E-state index contributed by atoms with van der Waals surface area (Å²) in [5, 5.41) is 4.69. The zero-order valence-corrected chi connectivity index (χ0v) is 40.4. The van der Waals surface area contributed by atoms with E-state index in [1.165, 1.54) is 94.1 Å². The van der Waals surface area contributed by atoms with E-state index < -0.39 is 5.41 Å². The zero-order valence-electron chi connectivity index (χ0n) is 40.4. The van der Waals surface area contributed by atoms with Crippen LogP contribution in [0.3, 0.4) is 0 Å². The summed E-state index contributed by atoms with van der Waals surface area (Å²) < 4.78 is 9.07. The van der Waals surface area contributed by atoms with E-state index in [4.69, 9.17) is 4.42 Å².